The third kappa shape index (κ3) is 7.73. The Morgan fingerprint density at radius 3 is 2.28 bits per heavy atom. The fourth-order valence-electron chi connectivity index (χ4n) is 2.30. The van der Waals surface area contributed by atoms with Gasteiger partial charge in [0, 0.05) is 17.6 Å². The van der Waals surface area contributed by atoms with Gasteiger partial charge >= 0.3 is 5.97 Å². The second-order valence-corrected chi connectivity index (χ2v) is 7.52. The second-order valence-electron chi connectivity index (χ2n) is 5.87. The molecule has 0 atom stereocenters. The number of benzene rings is 2. The summed E-state index contributed by atoms with van der Waals surface area (Å²) < 4.78 is 30.9. The molecule has 0 unspecified atom stereocenters. The number of nitrogens with zero attached hydrogens (tertiary/aromatic N) is 1. The van der Waals surface area contributed by atoms with Gasteiger partial charge in [-0.2, -0.15) is 0 Å². The van der Waals surface area contributed by atoms with Crippen LogP contribution in [0.1, 0.15) is 5.56 Å². The second kappa shape index (κ2) is 10.9. The van der Waals surface area contributed by atoms with E-state index in [9.17, 15) is 18.0 Å². The van der Waals surface area contributed by atoms with Crippen LogP contribution in [-0.4, -0.2) is 40.0 Å². The molecule has 0 aliphatic rings. The number of amides is 1. The molecule has 0 aliphatic carbocycles. The molecule has 0 aromatic heterocycles. The molecule has 2 aromatic carbocycles. The van der Waals surface area contributed by atoms with Crippen LogP contribution in [0.4, 0.5) is 5.69 Å². The highest BCUT2D eigenvalue weighted by molar-refractivity contribution is 7.92. The van der Waals surface area contributed by atoms with E-state index in [2.05, 4.69) is 11.3 Å². The van der Waals surface area contributed by atoms with Crippen LogP contribution in [0, 0.1) is 0 Å². The molecule has 0 heterocycles. The van der Waals surface area contributed by atoms with Gasteiger partial charge in [0.1, 0.15) is 6.54 Å². The maximum Gasteiger partial charge on any atom is 0.321 e. The zero-order chi connectivity index (χ0) is 21.1. The zero-order valence-corrected chi connectivity index (χ0v) is 16.5. The minimum absolute atomic E-state index is 0.247. The maximum absolute atomic E-state index is 12.3. The molecule has 0 bridgehead atoms. The number of anilines is 1. The van der Waals surface area contributed by atoms with Crippen LogP contribution in [0.5, 0.6) is 0 Å². The number of carbonyl (C=O) groups excluding carboxylic acids is 2. The van der Waals surface area contributed by atoms with Crippen LogP contribution in [0.25, 0.3) is 6.08 Å². The van der Waals surface area contributed by atoms with Crippen LogP contribution in [0.15, 0.2) is 78.7 Å². The van der Waals surface area contributed by atoms with E-state index in [0.29, 0.717) is 11.3 Å². The number of rotatable bonds is 10. The van der Waals surface area contributed by atoms with Crippen molar-refractivity contribution in [3.8, 4) is 0 Å². The molecule has 152 valence electrons. The summed E-state index contributed by atoms with van der Waals surface area (Å²) in [5.41, 5.74) is 1.34. The normalized spacial score (nSPS) is 11.2. The van der Waals surface area contributed by atoms with E-state index in [1.54, 1.807) is 54.6 Å². The summed E-state index contributed by atoms with van der Waals surface area (Å²) in [5, 5.41) is 0.960. The average molecular weight is 414 g/mol. The average Bonchev–Trinajstić information content (AvgIpc) is 2.74. The molecule has 1 N–H and O–H groups in total. The van der Waals surface area contributed by atoms with Crippen molar-refractivity contribution in [3.05, 3.63) is 84.3 Å². The van der Waals surface area contributed by atoms with Crippen molar-refractivity contribution in [2.45, 2.75) is 0 Å². The van der Waals surface area contributed by atoms with Crippen LogP contribution < -0.4 is 9.62 Å². The van der Waals surface area contributed by atoms with E-state index in [0.717, 1.165) is 5.41 Å². The van der Waals surface area contributed by atoms with Gasteiger partial charge < -0.3 is 9.64 Å². The van der Waals surface area contributed by atoms with Crippen LogP contribution in [0.3, 0.4) is 0 Å². The van der Waals surface area contributed by atoms with Gasteiger partial charge in [-0.1, -0.05) is 54.6 Å². The van der Waals surface area contributed by atoms with Crippen molar-refractivity contribution < 1.29 is 22.7 Å². The van der Waals surface area contributed by atoms with Crippen molar-refractivity contribution >= 4 is 33.7 Å². The molecule has 2 aromatic rings. The fraction of sp³-hybridized carbons (Fsp3) is 0.143. The molecule has 2 rings (SSSR count). The first-order valence-corrected chi connectivity index (χ1v) is 10.3. The summed E-state index contributed by atoms with van der Waals surface area (Å²) >= 11 is 0. The fourth-order valence-corrected chi connectivity index (χ4v) is 3.05. The Balaban J connectivity index is 1.84. The number of nitrogens with one attached hydrogen (secondary N) is 1. The van der Waals surface area contributed by atoms with Gasteiger partial charge in [-0.15, -0.1) is 6.58 Å². The number of para-hydroxylation sites is 1. The minimum Gasteiger partial charge on any atom is -0.455 e. The SMILES string of the molecule is C=CCN(C(=O)COC(=O)CNS(=O)(=O)/C=C/c1ccccc1)c1ccccc1. The summed E-state index contributed by atoms with van der Waals surface area (Å²) in [5.74, 6) is -1.31. The van der Waals surface area contributed by atoms with Crippen LogP contribution in [0.2, 0.25) is 0 Å². The smallest absolute Gasteiger partial charge is 0.321 e. The predicted octanol–water partition coefficient (Wildman–Crippen LogP) is 2.34. The van der Waals surface area contributed by atoms with E-state index in [1.807, 2.05) is 12.1 Å². The van der Waals surface area contributed by atoms with Crippen molar-refractivity contribution in [2.24, 2.45) is 0 Å². The Morgan fingerprint density at radius 2 is 1.66 bits per heavy atom. The maximum atomic E-state index is 12.3. The molecule has 7 nitrogen and oxygen atoms in total. The third-order valence-corrected chi connectivity index (χ3v) is 4.74. The molecule has 0 fully saturated rings. The summed E-state index contributed by atoms with van der Waals surface area (Å²) in [4.78, 5) is 25.6. The third-order valence-electron chi connectivity index (χ3n) is 3.69. The quantitative estimate of drug-likeness (QED) is 0.476. The number of hydrogen-bond donors (Lipinski definition) is 1. The number of sulfonamides is 1. The molecular formula is C21H22N2O5S. The van der Waals surface area contributed by atoms with E-state index in [-0.39, 0.29) is 6.54 Å². The van der Waals surface area contributed by atoms with Gasteiger partial charge in [0.2, 0.25) is 10.0 Å². The Morgan fingerprint density at radius 1 is 1.03 bits per heavy atom. The summed E-state index contributed by atoms with van der Waals surface area (Å²) in [6.07, 6.45) is 2.96. The summed E-state index contributed by atoms with van der Waals surface area (Å²) in [7, 11) is -3.82. The lowest BCUT2D eigenvalue weighted by Gasteiger charge is -2.21. The molecule has 0 spiro atoms. The minimum atomic E-state index is -3.82. The molecule has 0 radical (unpaired) electrons. The first-order chi connectivity index (χ1) is 13.9. The van der Waals surface area contributed by atoms with Gasteiger partial charge in [-0.05, 0) is 23.8 Å². The number of carbonyl (C=O) groups is 2. The first kappa shape index (κ1) is 22.1. The van der Waals surface area contributed by atoms with E-state index < -0.39 is 35.1 Å². The molecule has 0 saturated heterocycles. The van der Waals surface area contributed by atoms with Gasteiger partial charge in [-0.25, -0.2) is 13.1 Å². The summed E-state index contributed by atoms with van der Waals surface area (Å²) in [6.45, 7) is 2.77. The highest BCUT2D eigenvalue weighted by atomic mass is 32.2. The number of esters is 1. The summed E-state index contributed by atoms with van der Waals surface area (Å²) in [6, 6.07) is 17.7. The molecule has 0 saturated carbocycles. The molecule has 29 heavy (non-hydrogen) atoms. The van der Waals surface area contributed by atoms with Gasteiger partial charge in [0.25, 0.3) is 5.91 Å². The molecule has 8 heteroatoms. The topological polar surface area (TPSA) is 92.8 Å². The van der Waals surface area contributed by atoms with Crippen LogP contribution in [-0.2, 0) is 24.3 Å². The van der Waals surface area contributed by atoms with Crippen molar-refractivity contribution in [1.82, 2.24) is 4.72 Å². The Kier molecular flexibility index (Phi) is 8.32. The Labute approximate surface area is 170 Å². The van der Waals surface area contributed by atoms with E-state index in [4.69, 9.17) is 4.74 Å². The van der Waals surface area contributed by atoms with Gasteiger partial charge in [0.05, 0.1) is 0 Å². The monoisotopic (exact) mass is 414 g/mol. The molecule has 0 aliphatic heterocycles. The highest BCUT2D eigenvalue weighted by Gasteiger charge is 2.17. The zero-order valence-electron chi connectivity index (χ0n) is 15.7. The lowest BCUT2D eigenvalue weighted by atomic mass is 10.2. The van der Waals surface area contributed by atoms with Crippen LogP contribution >= 0.6 is 0 Å². The lowest BCUT2D eigenvalue weighted by Crippen LogP contribution is -2.36. The largest absolute Gasteiger partial charge is 0.455 e. The Hall–Kier alpha value is -3.23. The van der Waals surface area contributed by atoms with Gasteiger partial charge in [0.15, 0.2) is 6.61 Å². The van der Waals surface area contributed by atoms with Gasteiger partial charge in [-0.3, -0.25) is 9.59 Å². The lowest BCUT2D eigenvalue weighted by molar-refractivity contribution is -0.146. The highest BCUT2D eigenvalue weighted by Crippen LogP contribution is 2.13. The van der Waals surface area contributed by atoms with E-state index in [1.165, 1.54) is 11.0 Å². The van der Waals surface area contributed by atoms with E-state index >= 15 is 0 Å². The molecule has 1 amide bonds. The predicted molar refractivity (Wildman–Crippen MR) is 112 cm³/mol. The van der Waals surface area contributed by atoms with Crippen molar-refractivity contribution in [1.29, 1.82) is 0 Å². The molecular weight excluding hydrogens is 392 g/mol. The number of ether oxygens (including phenoxy) is 1. The van der Waals surface area contributed by atoms with Crippen molar-refractivity contribution in [2.75, 3.05) is 24.6 Å². The van der Waals surface area contributed by atoms with Crippen molar-refractivity contribution in [3.63, 3.8) is 0 Å². The standard InChI is InChI=1S/C21H22N2O5S/c1-2-14-23(19-11-7-4-8-12-19)20(24)17-28-21(25)16-22-29(26,27)15-13-18-9-5-3-6-10-18/h2-13,15,22H,1,14,16-17H2/b15-13+. The Bertz CT molecular complexity index is 957. The first-order valence-electron chi connectivity index (χ1n) is 8.76. The number of hydrogen-bond acceptors (Lipinski definition) is 5.